The maximum absolute atomic E-state index is 10.6. The first-order chi connectivity index (χ1) is 12.6. The quantitative estimate of drug-likeness (QED) is 0.502. The summed E-state index contributed by atoms with van der Waals surface area (Å²) in [5.41, 5.74) is -1.24. The molecule has 10 heteroatoms. The fourth-order valence-corrected chi connectivity index (χ4v) is 2.76. The molecule has 0 heterocycles. The summed E-state index contributed by atoms with van der Waals surface area (Å²) in [5.74, 6) is -7.48. The summed E-state index contributed by atoms with van der Waals surface area (Å²) >= 11 is 0. The van der Waals surface area contributed by atoms with Crippen molar-refractivity contribution in [1.82, 2.24) is 0 Å². The standard InChI is InChI=1S/C9H6O6.C8H12O4/c10-7(11)4-1-2-5(8(12)13)6(3-4)9(14)15;9-7(10)5-3-1-2-4-6(5)8(11)12/h1-3H,(H,10,11)(H,12,13)(H,14,15);5-6H,1-4H2,(H,9,10)(H,11,12). The van der Waals surface area contributed by atoms with E-state index in [1.54, 1.807) is 0 Å². The van der Waals surface area contributed by atoms with Gasteiger partial charge in [-0.05, 0) is 31.0 Å². The number of carboxylic acids is 5. The van der Waals surface area contributed by atoms with Crippen molar-refractivity contribution in [2.45, 2.75) is 25.7 Å². The number of carbonyl (C=O) groups is 5. The van der Waals surface area contributed by atoms with Crippen LogP contribution < -0.4 is 0 Å². The molecule has 1 aliphatic rings. The van der Waals surface area contributed by atoms with Gasteiger partial charge in [0.1, 0.15) is 0 Å². The average Bonchev–Trinajstić information content (AvgIpc) is 2.61. The molecule has 10 nitrogen and oxygen atoms in total. The van der Waals surface area contributed by atoms with E-state index in [0.717, 1.165) is 31.0 Å². The van der Waals surface area contributed by atoms with Gasteiger partial charge in [0.15, 0.2) is 0 Å². The predicted octanol–water partition coefficient (Wildman–Crippen LogP) is 1.74. The Morgan fingerprint density at radius 1 is 0.667 bits per heavy atom. The average molecular weight is 382 g/mol. The van der Waals surface area contributed by atoms with Crippen molar-refractivity contribution in [2.75, 3.05) is 0 Å². The lowest BCUT2D eigenvalue weighted by atomic mass is 9.79. The zero-order valence-electron chi connectivity index (χ0n) is 14.0. The second kappa shape index (κ2) is 9.32. The Balaban J connectivity index is 0.000000277. The van der Waals surface area contributed by atoms with E-state index in [4.69, 9.17) is 25.5 Å². The fourth-order valence-electron chi connectivity index (χ4n) is 2.76. The fraction of sp³-hybridized carbons (Fsp3) is 0.353. The van der Waals surface area contributed by atoms with Crippen LogP contribution in [0.4, 0.5) is 0 Å². The number of aromatic carboxylic acids is 3. The van der Waals surface area contributed by atoms with Gasteiger partial charge in [0.2, 0.25) is 0 Å². The number of benzene rings is 1. The molecular weight excluding hydrogens is 364 g/mol. The summed E-state index contributed by atoms with van der Waals surface area (Å²) < 4.78 is 0. The van der Waals surface area contributed by atoms with E-state index < -0.39 is 52.8 Å². The van der Waals surface area contributed by atoms with Crippen LogP contribution in [0, 0.1) is 11.8 Å². The first kappa shape index (κ1) is 21.6. The minimum absolute atomic E-state index is 0.266. The highest BCUT2D eigenvalue weighted by atomic mass is 16.4. The van der Waals surface area contributed by atoms with Gasteiger partial charge in [-0.25, -0.2) is 14.4 Å². The Morgan fingerprint density at radius 2 is 1.11 bits per heavy atom. The molecule has 2 unspecified atom stereocenters. The highest BCUT2D eigenvalue weighted by Crippen LogP contribution is 2.30. The lowest BCUT2D eigenvalue weighted by molar-refractivity contribution is -0.155. The van der Waals surface area contributed by atoms with Gasteiger partial charge in [0.25, 0.3) is 0 Å². The Morgan fingerprint density at radius 3 is 1.44 bits per heavy atom. The molecular formula is C17H18O10. The molecule has 2 rings (SSSR count). The predicted molar refractivity (Wildman–Crippen MR) is 88.0 cm³/mol. The minimum Gasteiger partial charge on any atom is -0.481 e. The van der Waals surface area contributed by atoms with Gasteiger partial charge in [-0.2, -0.15) is 0 Å². The van der Waals surface area contributed by atoms with Crippen LogP contribution >= 0.6 is 0 Å². The number of aliphatic carboxylic acids is 2. The lowest BCUT2D eigenvalue weighted by Crippen LogP contribution is -2.32. The van der Waals surface area contributed by atoms with Gasteiger partial charge >= 0.3 is 29.8 Å². The van der Waals surface area contributed by atoms with Gasteiger partial charge in [0.05, 0.1) is 28.5 Å². The van der Waals surface area contributed by atoms with Crippen LogP contribution in [0.5, 0.6) is 0 Å². The van der Waals surface area contributed by atoms with Crippen molar-refractivity contribution in [3.05, 3.63) is 34.9 Å². The summed E-state index contributed by atoms with van der Waals surface area (Å²) in [6.07, 6.45) is 2.68. The molecule has 1 fully saturated rings. The Bertz CT molecular complexity index is 745. The summed E-state index contributed by atoms with van der Waals surface area (Å²) in [6, 6.07) is 2.81. The highest BCUT2D eigenvalue weighted by Gasteiger charge is 2.35. The first-order valence-corrected chi connectivity index (χ1v) is 7.85. The van der Waals surface area contributed by atoms with Gasteiger partial charge in [-0.1, -0.05) is 12.8 Å². The van der Waals surface area contributed by atoms with Crippen molar-refractivity contribution in [3.8, 4) is 0 Å². The Hall–Kier alpha value is -3.43. The number of rotatable bonds is 5. The van der Waals surface area contributed by atoms with E-state index in [1.165, 1.54) is 0 Å². The molecule has 0 amide bonds. The van der Waals surface area contributed by atoms with E-state index in [1.807, 2.05) is 0 Å². The molecule has 1 aliphatic carbocycles. The summed E-state index contributed by atoms with van der Waals surface area (Å²) in [5, 5.41) is 43.3. The Labute approximate surface area is 152 Å². The molecule has 5 N–H and O–H groups in total. The maximum atomic E-state index is 10.6. The number of hydrogen-bond donors (Lipinski definition) is 5. The largest absolute Gasteiger partial charge is 0.481 e. The van der Waals surface area contributed by atoms with E-state index in [0.29, 0.717) is 12.8 Å². The minimum atomic E-state index is -1.48. The van der Waals surface area contributed by atoms with Crippen molar-refractivity contribution in [1.29, 1.82) is 0 Å². The van der Waals surface area contributed by atoms with Crippen molar-refractivity contribution in [3.63, 3.8) is 0 Å². The molecule has 146 valence electrons. The SMILES string of the molecule is O=C(O)C1CCCCC1C(=O)O.O=C(O)c1ccc(C(=O)O)c(C(=O)O)c1. The monoisotopic (exact) mass is 382 g/mol. The van der Waals surface area contributed by atoms with Crippen LogP contribution in [0.2, 0.25) is 0 Å². The molecule has 0 radical (unpaired) electrons. The zero-order valence-corrected chi connectivity index (χ0v) is 14.0. The second-order valence-electron chi connectivity index (χ2n) is 5.85. The van der Waals surface area contributed by atoms with Crippen LogP contribution in [0.25, 0.3) is 0 Å². The van der Waals surface area contributed by atoms with E-state index >= 15 is 0 Å². The molecule has 0 aliphatic heterocycles. The van der Waals surface area contributed by atoms with Gasteiger partial charge in [-0.3, -0.25) is 9.59 Å². The number of hydrogen-bond acceptors (Lipinski definition) is 5. The normalized spacial score (nSPS) is 18.5. The topological polar surface area (TPSA) is 186 Å². The van der Waals surface area contributed by atoms with Crippen LogP contribution in [-0.2, 0) is 9.59 Å². The molecule has 27 heavy (non-hydrogen) atoms. The van der Waals surface area contributed by atoms with Crippen molar-refractivity contribution < 1.29 is 49.5 Å². The first-order valence-electron chi connectivity index (χ1n) is 7.85. The molecule has 1 aromatic carbocycles. The maximum Gasteiger partial charge on any atom is 0.336 e. The van der Waals surface area contributed by atoms with Crippen molar-refractivity contribution in [2.24, 2.45) is 11.8 Å². The lowest BCUT2D eigenvalue weighted by Gasteiger charge is -2.24. The van der Waals surface area contributed by atoms with Crippen LogP contribution in [0.1, 0.15) is 56.8 Å². The van der Waals surface area contributed by atoms with Gasteiger partial charge < -0.3 is 25.5 Å². The number of carboxylic acid groups (broad SMARTS) is 5. The molecule has 0 spiro atoms. The van der Waals surface area contributed by atoms with Crippen LogP contribution in [0.3, 0.4) is 0 Å². The third kappa shape index (κ3) is 5.80. The highest BCUT2D eigenvalue weighted by molar-refractivity contribution is 6.03. The van der Waals surface area contributed by atoms with E-state index in [9.17, 15) is 24.0 Å². The molecule has 0 bridgehead atoms. The molecule has 0 aromatic heterocycles. The summed E-state index contributed by atoms with van der Waals surface area (Å²) in [7, 11) is 0. The molecule has 1 aromatic rings. The van der Waals surface area contributed by atoms with E-state index in [2.05, 4.69) is 0 Å². The van der Waals surface area contributed by atoms with Gasteiger partial charge in [-0.15, -0.1) is 0 Å². The zero-order chi connectivity index (χ0) is 20.7. The van der Waals surface area contributed by atoms with Gasteiger partial charge in [0, 0.05) is 0 Å². The molecule has 2 atom stereocenters. The smallest absolute Gasteiger partial charge is 0.336 e. The molecule has 0 saturated heterocycles. The van der Waals surface area contributed by atoms with Crippen LogP contribution in [0.15, 0.2) is 18.2 Å². The molecule has 1 saturated carbocycles. The summed E-state index contributed by atoms with van der Waals surface area (Å²) in [4.78, 5) is 53.0. The third-order valence-electron chi connectivity index (χ3n) is 4.13. The Kier molecular flexibility index (Phi) is 7.46. The third-order valence-corrected chi connectivity index (χ3v) is 4.13. The van der Waals surface area contributed by atoms with E-state index in [-0.39, 0.29) is 5.56 Å². The summed E-state index contributed by atoms with van der Waals surface area (Å²) in [6.45, 7) is 0. The van der Waals surface area contributed by atoms with Crippen molar-refractivity contribution >= 4 is 29.8 Å². The second-order valence-corrected chi connectivity index (χ2v) is 5.85. The van der Waals surface area contributed by atoms with Crippen LogP contribution in [-0.4, -0.2) is 55.4 Å².